The summed E-state index contributed by atoms with van der Waals surface area (Å²) in [6.45, 7) is 12.4. The number of aliphatic imine (C=N–C) groups is 1. The third-order valence-corrected chi connectivity index (χ3v) is 4.66. The molecule has 0 amide bonds. The SMILES string of the molecule is CCNC(=NCC(C)(C)N1CCOCC1)NCCCc1cccc(F)c1.I. The smallest absolute Gasteiger partial charge is 0.191 e. The Labute approximate surface area is 180 Å². The molecule has 0 unspecified atom stereocenters. The molecule has 1 aliphatic rings. The minimum Gasteiger partial charge on any atom is -0.379 e. The third kappa shape index (κ3) is 8.74. The molecular weight excluding hydrogens is 458 g/mol. The summed E-state index contributed by atoms with van der Waals surface area (Å²) in [5, 5.41) is 6.68. The van der Waals surface area contributed by atoms with E-state index in [1.54, 1.807) is 12.1 Å². The molecule has 0 spiro atoms. The zero-order valence-corrected chi connectivity index (χ0v) is 19.1. The minimum atomic E-state index is -0.171. The lowest BCUT2D eigenvalue weighted by atomic mass is 10.0. The standard InChI is InChI=1S/C20H33FN4O.HI/c1-4-22-19(23-10-6-8-17-7-5-9-18(21)15-17)24-16-20(2,3)25-11-13-26-14-12-25;/h5,7,9,15H,4,6,8,10-14,16H2,1-3H3,(H2,22,23,24);1H. The molecule has 27 heavy (non-hydrogen) atoms. The Morgan fingerprint density at radius 2 is 2.00 bits per heavy atom. The molecule has 1 fully saturated rings. The van der Waals surface area contributed by atoms with Crippen LogP contribution in [0.1, 0.15) is 32.8 Å². The Hall–Kier alpha value is -0.930. The molecule has 1 aromatic rings. The molecule has 1 heterocycles. The highest BCUT2D eigenvalue weighted by Crippen LogP contribution is 2.16. The highest BCUT2D eigenvalue weighted by atomic mass is 127. The quantitative estimate of drug-likeness (QED) is 0.254. The van der Waals surface area contributed by atoms with Crippen LogP contribution in [0, 0.1) is 5.82 Å². The van der Waals surface area contributed by atoms with Gasteiger partial charge in [-0.25, -0.2) is 4.39 Å². The molecule has 1 saturated heterocycles. The van der Waals surface area contributed by atoms with Crippen LogP contribution < -0.4 is 10.6 Å². The van der Waals surface area contributed by atoms with Gasteiger partial charge in [0.05, 0.1) is 19.8 Å². The summed E-state index contributed by atoms with van der Waals surface area (Å²) in [4.78, 5) is 7.21. The first-order chi connectivity index (χ1) is 12.5. The van der Waals surface area contributed by atoms with Crippen molar-refractivity contribution in [3.63, 3.8) is 0 Å². The molecule has 0 atom stereocenters. The van der Waals surface area contributed by atoms with Crippen molar-refractivity contribution < 1.29 is 9.13 Å². The number of rotatable bonds is 8. The minimum absolute atomic E-state index is 0. The molecule has 1 aromatic carbocycles. The second-order valence-electron chi connectivity index (χ2n) is 7.27. The topological polar surface area (TPSA) is 48.9 Å². The molecular formula is C20H34FIN4O. The first-order valence-corrected chi connectivity index (χ1v) is 9.60. The predicted octanol–water partition coefficient (Wildman–Crippen LogP) is 3.04. The maximum Gasteiger partial charge on any atom is 0.191 e. The van der Waals surface area contributed by atoms with Gasteiger partial charge in [0.25, 0.3) is 0 Å². The van der Waals surface area contributed by atoms with E-state index >= 15 is 0 Å². The van der Waals surface area contributed by atoms with Gasteiger partial charge >= 0.3 is 0 Å². The highest BCUT2D eigenvalue weighted by molar-refractivity contribution is 14.0. The van der Waals surface area contributed by atoms with E-state index < -0.39 is 0 Å². The molecule has 7 heteroatoms. The number of ether oxygens (including phenoxy) is 1. The summed E-state index contributed by atoms with van der Waals surface area (Å²) < 4.78 is 18.7. The van der Waals surface area contributed by atoms with E-state index in [-0.39, 0.29) is 35.3 Å². The van der Waals surface area contributed by atoms with E-state index in [0.29, 0.717) is 0 Å². The highest BCUT2D eigenvalue weighted by Gasteiger charge is 2.28. The fourth-order valence-corrected chi connectivity index (χ4v) is 3.07. The Balaban J connectivity index is 0.00000364. The summed E-state index contributed by atoms with van der Waals surface area (Å²) in [5.74, 6) is 0.670. The molecule has 1 aliphatic heterocycles. The van der Waals surface area contributed by atoms with Gasteiger partial charge in [-0.05, 0) is 51.3 Å². The van der Waals surface area contributed by atoms with Gasteiger partial charge in [0.15, 0.2) is 5.96 Å². The second-order valence-corrected chi connectivity index (χ2v) is 7.27. The molecule has 0 saturated carbocycles. The van der Waals surface area contributed by atoms with Crippen LogP contribution in [0.15, 0.2) is 29.3 Å². The van der Waals surface area contributed by atoms with Crippen molar-refractivity contribution in [3.05, 3.63) is 35.6 Å². The van der Waals surface area contributed by atoms with Gasteiger partial charge in [0.2, 0.25) is 0 Å². The summed E-state index contributed by atoms with van der Waals surface area (Å²) in [7, 11) is 0. The Morgan fingerprint density at radius 3 is 2.67 bits per heavy atom. The van der Waals surface area contributed by atoms with Gasteiger partial charge < -0.3 is 15.4 Å². The van der Waals surface area contributed by atoms with Gasteiger partial charge in [0, 0.05) is 31.7 Å². The van der Waals surface area contributed by atoms with Crippen LogP contribution in [-0.4, -0.2) is 62.3 Å². The monoisotopic (exact) mass is 492 g/mol. The molecule has 0 radical (unpaired) electrons. The average Bonchev–Trinajstić information content (AvgIpc) is 2.64. The number of halogens is 2. The average molecular weight is 492 g/mol. The summed E-state index contributed by atoms with van der Waals surface area (Å²) in [6.07, 6.45) is 1.78. The summed E-state index contributed by atoms with van der Waals surface area (Å²) in [5.41, 5.74) is 1.04. The van der Waals surface area contributed by atoms with Crippen molar-refractivity contribution in [2.45, 2.75) is 39.2 Å². The lowest BCUT2D eigenvalue weighted by Gasteiger charge is -2.39. The van der Waals surface area contributed by atoms with E-state index in [2.05, 4.69) is 36.3 Å². The maximum absolute atomic E-state index is 13.2. The first kappa shape index (κ1) is 24.1. The van der Waals surface area contributed by atoms with Crippen LogP contribution in [0.25, 0.3) is 0 Å². The van der Waals surface area contributed by atoms with Crippen molar-refractivity contribution in [1.82, 2.24) is 15.5 Å². The van der Waals surface area contributed by atoms with Gasteiger partial charge in [-0.2, -0.15) is 0 Å². The fraction of sp³-hybridized carbons (Fsp3) is 0.650. The van der Waals surface area contributed by atoms with Crippen LogP contribution in [0.5, 0.6) is 0 Å². The van der Waals surface area contributed by atoms with Crippen LogP contribution in [0.2, 0.25) is 0 Å². The number of guanidine groups is 1. The number of nitrogens with zero attached hydrogens (tertiary/aromatic N) is 2. The van der Waals surface area contributed by atoms with Gasteiger partial charge in [-0.15, -0.1) is 24.0 Å². The lowest BCUT2D eigenvalue weighted by molar-refractivity contribution is -0.00683. The van der Waals surface area contributed by atoms with Gasteiger partial charge in [-0.3, -0.25) is 9.89 Å². The van der Waals surface area contributed by atoms with Gasteiger partial charge in [0.1, 0.15) is 5.82 Å². The van der Waals surface area contributed by atoms with E-state index in [0.717, 1.165) is 70.3 Å². The Kier molecular flexibility index (Phi) is 11.2. The van der Waals surface area contributed by atoms with Gasteiger partial charge in [-0.1, -0.05) is 12.1 Å². The number of nitrogens with one attached hydrogen (secondary N) is 2. The molecule has 0 aliphatic carbocycles. The number of aryl methyl sites for hydroxylation is 1. The largest absolute Gasteiger partial charge is 0.379 e. The zero-order chi connectivity index (χ0) is 18.8. The number of benzene rings is 1. The van der Waals surface area contributed by atoms with Crippen LogP contribution in [0.3, 0.4) is 0 Å². The maximum atomic E-state index is 13.2. The summed E-state index contributed by atoms with van der Waals surface area (Å²) >= 11 is 0. The van der Waals surface area contributed by atoms with Crippen LogP contribution in [0.4, 0.5) is 4.39 Å². The van der Waals surface area contributed by atoms with Crippen molar-refractivity contribution in [2.75, 3.05) is 45.9 Å². The van der Waals surface area contributed by atoms with E-state index in [4.69, 9.17) is 9.73 Å². The summed E-state index contributed by atoms with van der Waals surface area (Å²) in [6, 6.07) is 6.81. The van der Waals surface area contributed by atoms with Crippen LogP contribution >= 0.6 is 24.0 Å². The number of hydrogen-bond donors (Lipinski definition) is 2. The molecule has 5 nitrogen and oxygen atoms in total. The predicted molar refractivity (Wildman–Crippen MR) is 121 cm³/mol. The molecule has 0 bridgehead atoms. The normalized spacial score (nSPS) is 15.9. The molecule has 154 valence electrons. The van der Waals surface area contributed by atoms with Crippen molar-refractivity contribution in [3.8, 4) is 0 Å². The molecule has 0 aromatic heterocycles. The van der Waals surface area contributed by atoms with E-state index in [9.17, 15) is 4.39 Å². The Bertz CT molecular complexity index is 577. The number of morpholine rings is 1. The van der Waals surface area contributed by atoms with Crippen molar-refractivity contribution in [2.24, 2.45) is 4.99 Å². The lowest BCUT2D eigenvalue weighted by Crippen LogP contribution is -2.52. The fourth-order valence-electron chi connectivity index (χ4n) is 3.07. The Morgan fingerprint density at radius 1 is 1.26 bits per heavy atom. The second kappa shape index (κ2) is 12.5. The third-order valence-electron chi connectivity index (χ3n) is 4.66. The van der Waals surface area contributed by atoms with E-state index in [1.807, 2.05) is 6.07 Å². The van der Waals surface area contributed by atoms with E-state index in [1.165, 1.54) is 6.07 Å². The molecule has 2 rings (SSSR count). The van der Waals surface area contributed by atoms with Crippen LogP contribution in [-0.2, 0) is 11.2 Å². The van der Waals surface area contributed by atoms with Crippen molar-refractivity contribution >= 4 is 29.9 Å². The zero-order valence-electron chi connectivity index (χ0n) is 16.8. The van der Waals surface area contributed by atoms with Crippen molar-refractivity contribution in [1.29, 1.82) is 0 Å². The molecule has 2 N–H and O–H groups in total. The first-order valence-electron chi connectivity index (χ1n) is 9.60. The number of hydrogen-bond acceptors (Lipinski definition) is 3.